The molecule has 0 heterocycles. The van der Waals surface area contributed by atoms with Crippen LogP contribution in [0.1, 0.15) is 367 Å². The molecular formula is C63H127NO5. The Balaban J connectivity index is 3.52. The SMILES string of the molecule is CCCCCCCCCCCCCCCCCCCCCCCCCCCCCCCCCCC(O)C(=O)NC(CO)C(O)C(O)CCCCCCCCCCCCCCCCCCCCCCC. The fraction of sp³-hybridized carbons (Fsp3) is 0.984. The van der Waals surface area contributed by atoms with Crippen molar-refractivity contribution in [1.29, 1.82) is 0 Å². The number of hydrogen-bond donors (Lipinski definition) is 5. The Morgan fingerprint density at radius 2 is 0.493 bits per heavy atom. The predicted octanol–water partition coefficient (Wildman–Crippen LogP) is 19.0. The van der Waals surface area contributed by atoms with Gasteiger partial charge in [0.25, 0.3) is 0 Å². The molecule has 0 aliphatic carbocycles. The fourth-order valence-electron chi connectivity index (χ4n) is 10.6. The van der Waals surface area contributed by atoms with Crippen molar-refractivity contribution in [3.05, 3.63) is 0 Å². The number of unbranched alkanes of at least 4 members (excludes halogenated alkanes) is 51. The summed E-state index contributed by atoms with van der Waals surface area (Å²) >= 11 is 0. The summed E-state index contributed by atoms with van der Waals surface area (Å²) in [6.07, 6.45) is 69.2. The van der Waals surface area contributed by atoms with Crippen LogP contribution in [0.3, 0.4) is 0 Å². The van der Waals surface area contributed by atoms with Crippen molar-refractivity contribution >= 4 is 5.91 Å². The molecule has 5 N–H and O–H groups in total. The van der Waals surface area contributed by atoms with E-state index in [0.717, 1.165) is 38.5 Å². The molecule has 6 heteroatoms. The highest BCUT2D eigenvalue weighted by atomic mass is 16.3. The van der Waals surface area contributed by atoms with Gasteiger partial charge in [0.15, 0.2) is 0 Å². The molecule has 0 aliphatic rings. The Labute approximate surface area is 432 Å². The molecule has 0 radical (unpaired) electrons. The monoisotopic (exact) mass is 978 g/mol. The van der Waals surface area contributed by atoms with E-state index in [2.05, 4.69) is 19.2 Å². The summed E-state index contributed by atoms with van der Waals surface area (Å²) in [5, 5.41) is 44.1. The molecule has 0 bridgehead atoms. The van der Waals surface area contributed by atoms with Crippen molar-refractivity contribution in [1.82, 2.24) is 5.32 Å². The van der Waals surface area contributed by atoms with Crippen LogP contribution in [0.15, 0.2) is 0 Å². The average molecular weight is 979 g/mol. The van der Waals surface area contributed by atoms with Gasteiger partial charge in [-0.25, -0.2) is 0 Å². The zero-order valence-corrected chi connectivity index (χ0v) is 47.1. The zero-order valence-electron chi connectivity index (χ0n) is 47.1. The van der Waals surface area contributed by atoms with Gasteiger partial charge < -0.3 is 25.7 Å². The molecule has 0 rings (SSSR count). The first-order valence-corrected chi connectivity index (χ1v) is 31.9. The van der Waals surface area contributed by atoms with E-state index >= 15 is 0 Å². The van der Waals surface area contributed by atoms with Crippen molar-refractivity contribution < 1.29 is 25.2 Å². The summed E-state index contributed by atoms with van der Waals surface area (Å²) in [6.45, 7) is 4.11. The quantitative estimate of drug-likeness (QED) is 0.0390. The van der Waals surface area contributed by atoms with Crippen LogP contribution in [0.25, 0.3) is 0 Å². The van der Waals surface area contributed by atoms with E-state index < -0.39 is 36.9 Å². The smallest absolute Gasteiger partial charge is 0.249 e. The second-order valence-electron chi connectivity index (χ2n) is 22.5. The third-order valence-electron chi connectivity index (χ3n) is 15.6. The first-order valence-electron chi connectivity index (χ1n) is 31.9. The highest BCUT2D eigenvalue weighted by Gasteiger charge is 2.28. The average Bonchev–Trinajstić information content (AvgIpc) is 3.35. The van der Waals surface area contributed by atoms with Gasteiger partial charge in [0.05, 0.1) is 18.8 Å². The second-order valence-corrected chi connectivity index (χ2v) is 22.5. The Kier molecular flexibility index (Phi) is 57.6. The Morgan fingerprint density at radius 3 is 0.696 bits per heavy atom. The van der Waals surface area contributed by atoms with E-state index in [1.807, 2.05) is 0 Å². The van der Waals surface area contributed by atoms with Crippen molar-refractivity contribution in [3.8, 4) is 0 Å². The summed E-state index contributed by atoms with van der Waals surface area (Å²) in [5.74, 6) is -0.574. The molecule has 69 heavy (non-hydrogen) atoms. The summed E-state index contributed by atoms with van der Waals surface area (Å²) in [6, 6.07) is -0.981. The third kappa shape index (κ3) is 52.0. The molecule has 0 spiro atoms. The summed E-state index contributed by atoms with van der Waals surface area (Å²) in [4.78, 5) is 12.6. The topological polar surface area (TPSA) is 110 Å². The fourth-order valence-corrected chi connectivity index (χ4v) is 10.6. The van der Waals surface area contributed by atoms with Crippen molar-refractivity contribution in [2.75, 3.05) is 6.61 Å². The Bertz CT molecular complexity index is 964. The van der Waals surface area contributed by atoms with Gasteiger partial charge in [-0.1, -0.05) is 354 Å². The molecule has 0 fully saturated rings. The second kappa shape index (κ2) is 58.2. The van der Waals surface area contributed by atoms with Crippen LogP contribution in [0.5, 0.6) is 0 Å². The summed E-state index contributed by atoms with van der Waals surface area (Å²) in [5.41, 5.74) is 0. The van der Waals surface area contributed by atoms with E-state index in [4.69, 9.17) is 0 Å². The first-order chi connectivity index (χ1) is 34.0. The molecule has 4 unspecified atom stereocenters. The zero-order chi connectivity index (χ0) is 50.2. The van der Waals surface area contributed by atoms with Crippen LogP contribution >= 0.6 is 0 Å². The van der Waals surface area contributed by atoms with E-state index in [0.29, 0.717) is 12.8 Å². The largest absolute Gasteiger partial charge is 0.394 e. The Hall–Kier alpha value is -0.690. The van der Waals surface area contributed by atoms with E-state index in [9.17, 15) is 25.2 Å². The molecule has 0 aromatic rings. The van der Waals surface area contributed by atoms with Gasteiger partial charge in [-0.2, -0.15) is 0 Å². The van der Waals surface area contributed by atoms with Crippen molar-refractivity contribution in [2.24, 2.45) is 0 Å². The number of rotatable bonds is 60. The van der Waals surface area contributed by atoms with Gasteiger partial charge in [-0.3, -0.25) is 4.79 Å². The number of aliphatic hydroxyl groups excluding tert-OH is 4. The number of aliphatic hydroxyl groups is 4. The van der Waals surface area contributed by atoms with Gasteiger partial charge in [0.2, 0.25) is 5.91 Å². The molecule has 414 valence electrons. The molecule has 6 nitrogen and oxygen atoms in total. The van der Waals surface area contributed by atoms with Crippen LogP contribution in [0.4, 0.5) is 0 Å². The standard InChI is InChI=1S/C63H127NO5/c1-3-5-7-9-11-13-15-17-19-21-23-25-26-27-28-29-30-31-32-33-34-35-37-39-41-43-45-47-49-51-53-55-57-61(67)63(69)64-59(58-65)62(68)60(66)56-54-52-50-48-46-44-42-40-38-36-24-22-20-18-16-14-12-10-8-6-4-2/h59-62,65-68H,3-58H2,1-2H3,(H,64,69). The van der Waals surface area contributed by atoms with Gasteiger partial charge in [-0.05, 0) is 12.8 Å². The van der Waals surface area contributed by atoms with Gasteiger partial charge in [0, 0.05) is 0 Å². The minimum atomic E-state index is -1.26. The molecule has 0 aromatic heterocycles. The van der Waals surface area contributed by atoms with Crippen molar-refractivity contribution in [3.63, 3.8) is 0 Å². The van der Waals surface area contributed by atoms with Crippen LogP contribution in [0, 0.1) is 0 Å². The summed E-state index contributed by atoms with van der Waals surface area (Å²) in [7, 11) is 0. The van der Waals surface area contributed by atoms with Crippen LogP contribution in [0.2, 0.25) is 0 Å². The highest BCUT2D eigenvalue weighted by molar-refractivity contribution is 5.80. The lowest BCUT2D eigenvalue weighted by molar-refractivity contribution is -0.132. The van der Waals surface area contributed by atoms with Crippen LogP contribution < -0.4 is 5.32 Å². The number of hydrogen-bond acceptors (Lipinski definition) is 5. The molecule has 1 amide bonds. The predicted molar refractivity (Wildman–Crippen MR) is 302 cm³/mol. The van der Waals surface area contributed by atoms with Crippen molar-refractivity contribution in [2.45, 2.75) is 391 Å². The number of carbonyl (C=O) groups excluding carboxylic acids is 1. The maximum atomic E-state index is 12.6. The molecule has 0 aliphatic heterocycles. The van der Waals surface area contributed by atoms with Gasteiger partial charge in [-0.15, -0.1) is 0 Å². The molecular weight excluding hydrogens is 851 g/mol. The first kappa shape index (κ1) is 68.3. The number of amides is 1. The molecule has 0 aromatic carbocycles. The van der Waals surface area contributed by atoms with Crippen LogP contribution in [-0.4, -0.2) is 57.3 Å². The third-order valence-corrected chi connectivity index (χ3v) is 15.6. The van der Waals surface area contributed by atoms with Crippen LogP contribution in [-0.2, 0) is 4.79 Å². The molecule has 4 atom stereocenters. The number of carbonyl (C=O) groups is 1. The minimum Gasteiger partial charge on any atom is -0.394 e. The summed E-state index contributed by atoms with van der Waals surface area (Å²) < 4.78 is 0. The molecule has 0 saturated heterocycles. The highest BCUT2D eigenvalue weighted by Crippen LogP contribution is 2.20. The maximum absolute atomic E-state index is 12.6. The van der Waals surface area contributed by atoms with E-state index in [1.165, 1.54) is 302 Å². The lowest BCUT2D eigenvalue weighted by atomic mass is 9.99. The lowest BCUT2D eigenvalue weighted by Gasteiger charge is -2.27. The lowest BCUT2D eigenvalue weighted by Crippen LogP contribution is -2.53. The van der Waals surface area contributed by atoms with E-state index in [-0.39, 0.29) is 0 Å². The maximum Gasteiger partial charge on any atom is 0.249 e. The van der Waals surface area contributed by atoms with Gasteiger partial charge in [0.1, 0.15) is 12.2 Å². The number of nitrogens with one attached hydrogen (secondary N) is 1. The molecule has 0 saturated carbocycles. The Morgan fingerprint density at radius 1 is 0.304 bits per heavy atom. The van der Waals surface area contributed by atoms with Gasteiger partial charge >= 0.3 is 0 Å². The van der Waals surface area contributed by atoms with E-state index in [1.54, 1.807) is 0 Å². The minimum absolute atomic E-state index is 0.377. The normalized spacial score (nSPS) is 13.5.